The van der Waals surface area contributed by atoms with Crippen molar-refractivity contribution in [2.45, 2.75) is 316 Å². The van der Waals surface area contributed by atoms with Crippen molar-refractivity contribution in [1.29, 1.82) is 0 Å². The SMILES string of the molecule is CCCCCCCCCCCCCCCCCCCCCCCCCCCCCOC(=O)CCCCCCCCCCCCCCCCCCCCC. The average molecular weight is 747 g/mol. The highest BCUT2D eigenvalue weighted by atomic mass is 16.5. The largest absolute Gasteiger partial charge is 0.466 e. The van der Waals surface area contributed by atoms with Crippen LogP contribution < -0.4 is 0 Å². The molecule has 0 aromatic heterocycles. The van der Waals surface area contributed by atoms with Gasteiger partial charge in [-0.2, -0.15) is 0 Å². The molecule has 0 saturated carbocycles. The summed E-state index contributed by atoms with van der Waals surface area (Å²) < 4.78 is 5.50. The van der Waals surface area contributed by atoms with Crippen molar-refractivity contribution in [3.63, 3.8) is 0 Å². The molecule has 53 heavy (non-hydrogen) atoms. The Kier molecular flexibility index (Phi) is 49.0. The maximum atomic E-state index is 12.1. The zero-order valence-electron chi connectivity index (χ0n) is 37.3. The predicted octanol–water partition coefficient (Wildman–Crippen LogP) is 18.9. The van der Waals surface area contributed by atoms with Gasteiger partial charge in [0.25, 0.3) is 0 Å². The Morgan fingerprint density at radius 2 is 0.415 bits per heavy atom. The minimum absolute atomic E-state index is 0.0341. The molecule has 0 bridgehead atoms. The quantitative estimate of drug-likeness (QED) is 0.0458. The van der Waals surface area contributed by atoms with E-state index in [-0.39, 0.29) is 5.97 Å². The van der Waals surface area contributed by atoms with Crippen LogP contribution in [0.4, 0.5) is 0 Å². The van der Waals surface area contributed by atoms with Crippen molar-refractivity contribution in [3.8, 4) is 0 Å². The first-order valence-electron chi connectivity index (χ1n) is 25.5. The summed E-state index contributed by atoms with van der Waals surface area (Å²) in [4.78, 5) is 12.1. The maximum absolute atomic E-state index is 12.1. The molecule has 0 saturated heterocycles. The zero-order chi connectivity index (χ0) is 38.2. The number of hydrogen-bond donors (Lipinski definition) is 0. The van der Waals surface area contributed by atoms with E-state index >= 15 is 0 Å². The topological polar surface area (TPSA) is 26.3 Å². The van der Waals surface area contributed by atoms with Crippen LogP contribution in [0, 0.1) is 0 Å². The Morgan fingerprint density at radius 1 is 0.245 bits per heavy atom. The molecule has 0 aliphatic rings. The van der Waals surface area contributed by atoms with Gasteiger partial charge in [-0.15, -0.1) is 0 Å². The highest BCUT2D eigenvalue weighted by Crippen LogP contribution is 2.18. The standard InChI is InChI=1S/C51H102O2/c1-3-5-7-9-11-13-15-17-19-21-23-24-25-26-27-28-29-30-32-34-36-38-40-42-44-46-48-50-53-51(52)49-47-45-43-41-39-37-35-33-31-22-20-18-16-14-12-10-8-6-4-2/h3-50H2,1-2H3. The monoisotopic (exact) mass is 747 g/mol. The number of hydrogen-bond acceptors (Lipinski definition) is 2. The minimum Gasteiger partial charge on any atom is -0.466 e. The molecule has 318 valence electrons. The van der Waals surface area contributed by atoms with E-state index in [2.05, 4.69) is 13.8 Å². The van der Waals surface area contributed by atoms with Gasteiger partial charge in [-0.25, -0.2) is 0 Å². The molecule has 2 nitrogen and oxygen atoms in total. The van der Waals surface area contributed by atoms with E-state index in [1.807, 2.05) is 0 Å². The molecule has 0 radical (unpaired) electrons. The van der Waals surface area contributed by atoms with Crippen molar-refractivity contribution in [1.82, 2.24) is 0 Å². The van der Waals surface area contributed by atoms with Gasteiger partial charge in [0.1, 0.15) is 0 Å². The first kappa shape index (κ1) is 52.5. The van der Waals surface area contributed by atoms with E-state index in [9.17, 15) is 4.79 Å². The molecular formula is C51H102O2. The normalized spacial score (nSPS) is 11.5. The van der Waals surface area contributed by atoms with Crippen molar-refractivity contribution >= 4 is 5.97 Å². The molecule has 0 amide bonds. The first-order valence-corrected chi connectivity index (χ1v) is 25.5. The number of carbonyl (C=O) groups excluding carboxylic acids is 1. The lowest BCUT2D eigenvalue weighted by atomic mass is 10.0. The molecule has 0 atom stereocenters. The molecule has 0 fully saturated rings. The van der Waals surface area contributed by atoms with Crippen LogP contribution >= 0.6 is 0 Å². The number of esters is 1. The highest BCUT2D eigenvalue weighted by molar-refractivity contribution is 5.69. The smallest absolute Gasteiger partial charge is 0.305 e. The van der Waals surface area contributed by atoms with Crippen LogP contribution in [0.5, 0.6) is 0 Å². The predicted molar refractivity (Wildman–Crippen MR) is 239 cm³/mol. The molecule has 0 unspecified atom stereocenters. The fourth-order valence-electron chi connectivity index (χ4n) is 8.20. The van der Waals surface area contributed by atoms with E-state index in [1.165, 1.54) is 283 Å². The second-order valence-corrected chi connectivity index (χ2v) is 17.5. The molecule has 0 aliphatic carbocycles. The number of ether oxygens (including phenoxy) is 1. The Balaban J connectivity index is 3.14. The van der Waals surface area contributed by atoms with Crippen LogP contribution in [0.15, 0.2) is 0 Å². The number of rotatable bonds is 48. The van der Waals surface area contributed by atoms with Crippen LogP contribution in [0.3, 0.4) is 0 Å². The zero-order valence-corrected chi connectivity index (χ0v) is 37.3. The van der Waals surface area contributed by atoms with Crippen LogP contribution in [0.2, 0.25) is 0 Å². The lowest BCUT2D eigenvalue weighted by Gasteiger charge is -2.06. The minimum atomic E-state index is 0.0341. The summed E-state index contributed by atoms with van der Waals surface area (Å²) in [6, 6.07) is 0. The second-order valence-electron chi connectivity index (χ2n) is 17.5. The van der Waals surface area contributed by atoms with E-state index in [4.69, 9.17) is 4.74 Å². The summed E-state index contributed by atoms with van der Waals surface area (Å²) in [6.07, 6.45) is 65.3. The van der Waals surface area contributed by atoms with Crippen LogP contribution in [0.1, 0.15) is 316 Å². The highest BCUT2D eigenvalue weighted by Gasteiger charge is 2.03. The van der Waals surface area contributed by atoms with E-state index in [0.717, 1.165) is 12.8 Å². The van der Waals surface area contributed by atoms with E-state index in [0.29, 0.717) is 13.0 Å². The Hall–Kier alpha value is -0.530. The van der Waals surface area contributed by atoms with Gasteiger partial charge < -0.3 is 4.74 Å². The summed E-state index contributed by atoms with van der Waals surface area (Å²) >= 11 is 0. The third-order valence-electron chi connectivity index (χ3n) is 12.0. The van der Waals surface area contributed by atoms with Crippen LogP contribution in [-0.4, -0.2) is 12.6 Å². The van der Waals surface area contributed by atoms with Gasteiger partial charge in [0.05, 0.1) is 6.61 Å². The number of unbranched alkanes of at least 4 members (excludes halogenated alkanes) is 44. The molecule has 0 heterocycles. The molecule has 0 aromatic carbocycles. The molecule has 0 rings (SSSR count). The van der Waals surface area contributed by atoms with Crippen LogP contribution in [0.25, 0.3) is 0 Å². The average Bonchev–Trinajstić information content (AvgIpc) is 3.16. The van der Waals surface area contributed by atoms with Gasteiger partial charge in [-0.3, -0.25) is 4.79 Å². The molecular weight excluding hydrogens is 645 g/mol. The molecule has 0 aliphatic heterocycles. The van der Waals surface area contributed by atoms with Crippen LogP contribution in [-0.2, 0) is 9.53 Å². The lowest BCUT2D eigenvalue weighted by molar-refractivity contribution is -0.143. The van der Waals surface area contributed by atoms with Crippen molar-refractivity contribution < 1.29 is 9.53 Å². The summed E-state index contributed by atoms with van der Waals surface area (Å²) in [7, 11) is 0. The Morgan fingerprint density at radius 3 is 0.623 bits per heavy atom. The molecule has 0 spiro atoms. The molecule has 2 heteroatoms. The lowest BCUT2D eigenvalue weighted by Crippen LogP contribution is -2.05. The maximum Gasteiger partial charge on any atom is 0.305 e. The Bertz CT molecular complexity index is 644. The summed E-state index contributed by atoms with van der Waals surface area (Å²) in [5.41, 5.74) is 0. The third-order valence-corrected chi connectivity index (χ3v) is 12.0. The van der Waals surface area contributed by atoms with Crippen molar-refractivity contribution in [3.05, 3.63) is 0 Å². The summed E-state index contributed by atoms with van der Waals surface area (Å²) in [5, 5.41) is 0. The summed E-state index contributed by atoms with van der Waals surface area (Å²) in [6.45, 7) is 5.24. The van der Waals surface area contributed by atoms with Crippen molar-refractivity contribution in [2.24, 2.45) is 0 Å². The summed E-state index contributed by atoms with van der Waals surface area (Å²) in [5.74, 6) is 0.0341. The van der Waals surface area contributed by atoms with Gasteiger partial charge in [-0.1, -0.05) is 296 Å². The molecule has 0 aromatic rings. The molecule has 0 N–H and O–H groups in total. The third kappa shape index (κ3) is 49.5. The van der Waals surface area contributed by atoms with Crippen molar-refractivity contribution in [2.75, 3.05) is 6.61 Å². The van der Waals surface area contributed by atoms with Gasteiger partial charge in [0.15, 0.2) is 0 Å². The van der Waals surface area contributed by atoms with Gasteiger partial charge >= 0.3 is 5.97 Å². The fourth-order valence-corrected chi connectivity index (χ4v) is 8.20. The fraction of sp³-hybridized carbons (Fsp3) is 0.980. The van der Waals surface area contributed by atoms with Gasteiger partial charge in [-0.05, 0) is 12.8 Å². The first-order chi connectivity index (χ1) is 26.3. The Labute approximate surface area is 336 Å². The van der Waals surface area contributed by atoms with Gasteiger partial charge in [0.2, 0.25) is 0 Å². The van der Waals surface area contributed by atoms with Gasteiger partial charge in [0, 0.05) is 6.42 Å². The second kappa shape index (κ2) is 49.5. The number of carbonyl (C=O) groups is 1. The van der Waals surface area contributed by atoms with E-state index < -0.39 is 0 Å². The van der Waals surface area contributed by atoms with E-state index in [1.54, 1.807) is 0 Å².